The van der Waals surface area contributed by atoms with E-state index in [4.69, 9.17) is 5.26 Å². The molecule has 0 amide bonds. The molecule has 3 rings (SSSR count). The molecule has 0 saturated heterocycles. The molecule has 4 nitrogen and oxygen atoms in total. The zero-order chi connectivity index (χ0) is 14.8. The monoisotopic (exact) mass is 275 g/mol. The summed E-state index contributed by atoms with van der Waals surface area (Å²) in [7, 11) is 0. The number of fused-ring (bicyclic) bond motifs is 1. The molecule has 0 unspecified atom stereocenters. The predicted molar refractivity (Wildman–Crippen MR) is 81.9 cm³/mol. The van der Waals surface area contributed by atoms with Crippen LogP contribution in [-0.4, -0.2) is 9.97 Å². The van der Waals surface area contributed by atoms with Gasteiger partial charge in [-0.15, -0.1) is 0 Å². The van der Waals surface area contributed by atoms with Crippen LogP contribution < -0.4 is 5.56 Å². The molecule has 1 N–H and O–H groups in total. The number of aromatic nitrogens is 2. The van der Waals surface area contributed by atoms with Crippen molar-refractivity contribution in [2.24, 2.45) is 0 Å². The Balaban J connectivity index is 2.26. The van der Waals surface area contributed by atoms with Crippen LogP contribution in [0, 0.1) is 11.3 Å². The molecule has 4 heteroatoms. The third-order valence-corrected chi connectivity index (χ3v) is 3.51. The van der Waals surface area contributed by atoms with Gasteiger partial charge >= 0.3 is 0 Å². The van der Waals surface area contributed by atoms with Gasteiger partial charge in [0, 0.05) is 22.8 Å². The van der Waals surface area contributed by atoms with Gasteiger partial charge in [0.05, 0.1) is 5.52 Å². The maximum absolute atomic E-state index is 11.7. The van der Waals surface area contributed by atoms with Crippen molar-refractivity contribution >= 4 is 10.9 Å². The minimum absolute atomic E-state index is 0.128. The average molecular weight is 275 g/mol. The van der Waals surface area contributed by atoms with Gasteiger partial charge in [-0.05, 0) is 30.2 Å². The minimum Gasteiger partial charge on any atom is -0.324 e. The summed E-state index contributed by atoms with van der Waals surface area (Å²) in [6.45, 7) is 1.97. The first-order valence-electron chi connectivity index (χ1n) is 6.74. The van der Waals surface area contributed by atoms with Crippen molar-refractivity contribution in [1.82, 2.24) is 9.97 Å². The van der Waals surface area contributed by atoms with Gasteiger partial charge in [-0.25, -0.2) is 0 Å². The standard InChI is InChI=1S/C17H13N3O/c1-2-15-14(8-13(10-18)17(21)20-15)12-6-5-11-4-3-7-19-16(11)9-12/h3-9H,2H2,1H3,(H,20,21). The molecule has 0 aliphatic heterocycles. The normalized spacial score (nSPS) is 10.5. The van der Waals surface area contributed by atoms with Crippen LogP contribution in [-0.2, 0) is 6.42 Å². The SMILES string of the molecule is CCc1[nH]c(=O)c(C#N)cc1-c1ccc2cccnc2c1. The number of H-pyrrole nitrogens is 1. The molecule has 0 radical (unpaired) electrons. The summed E-state index contributed by atoms with van der Waals surface area (Å²) in [5.41, 5.74) is 3.34. The Bertz CT molecular complexity index is 919. The van der Waals surface area contributed by atoms with Gasteiger partial charge in [0.15, 0.2) is 0 Å². The molecule has 1 aromatic carbocycles. The predicted octanol–water partition coefficient (Wildman–Crippen LogP) is 3.02. The molecule has 0 spiro atoms. The van der Waals surface area contributed by atoms with E-state index in [0.29, 0.717) is 6.42 Å². The molecule has 0 fully saturated rings. The summed E-state index contributed by atoms with van der Waals surface area (Å²) in [6.07, 6.45) is 2.44. The van der Waals surface area contributed by atoms with Gasteiger partial charge in [0.1, 0.15) is 11.6 Å². The summed E-state index contributed by atoms with van der Waals surface area (Å²) in [5.74, 6) is 0. The molecular formula is C17H13N3O. The number of hydrogen-bond donors (Lipinski definition) is 1. The molecule has 0 aliphatic rings. The molecule has 2 aromatic heterocycles. The lowest BCUT2D eigenvalue weighted by atomic mass is 9.99. The molecule has 2 heterocycles. The zero-order valence-corrected chi connectivity index (χ0v) is 11.6. The maximum Gasteiger partial charge on any atom is 0.266 e. The first-order valence-corrected chi connectivity index (χ1v) is 6.74. The number of nitrogens with zero attached hydrogens (tertiary/aromatic N) is 2. The highest BCUT2D eigenvalue weighted by atomic mass is 16.1. The van der Waals surface area contributed by atoms with Gasteiger partial charge in [-0.2, -0.15) is 5.26 Å². The van der Waals surface area contributed by atoms with Crippen molar-refractivity contribution in [2.75, 3.05) is 0 Å². The van der Waals surface area contributed by atoms with E-state index in [1.807, 2.05) is 43.3 Å². The third kappa shape index (κ3) is 2.30. The fourth-order valence-electron chi connectivity index (χ4n) is 2.42. The second kappa shape index (κ2) is 5.22. The Hall–Kier alpha value is -2.93. The van der Waals surface area contributed by atoms with Gasteiger partial charge in [-0.3, -0.25) is 9.78 Å². The summed E-state index contributed by atoms with van der Waals surface area (Å²) in [6, 6.07) is 13.4. The highest BCUT2D eigenvalue weighted by molar-refractivity contribution is 5.84. The number of nitrogens with one attached hydrogen (secondary N) is 1. The Kier molecular flexibility index (Phi) is 3.25. The number of aromatic amines is 1. The summed E-state index contributed by atoms with van der Waals surface area (Å²) in [4.78, 5) is 18.9. The second-order valence-corrected chi connectivity index (χ2v) is 4.78. The van der Waals surface area contributed by atoms with Gasteiger partial charge in [0.2, 0.25) is 0 Å². The smallest absolute Gasteiger partial charge is 0.266 e. The molecule has 102 valence electrons. The van der Waals surface area contributed by atoms with Crippen molar-refractivity contribution in [2.45, 2.75) is 13.3 Å². The van der Waals surface area contributed by atoms with E-state index in [-0.39, 0.29) is 11.1 Å². The van der Waals surface area contributed by atoms with Crippen molar-refractivity contribution in [3.63, 3.8) is 0 Å². The van der Waals surface area contributed by atoms with E-state index in [0.717, 1.165) is 27.7 Å². The average Bonchev–Trinajstić information content (AvgIpc) is 2.54. The van der Waals surface area contributed by atoms with E-state index >= 15 is 0 Å². The van der Waals surface area contributed by atoms with Crippen molar-refractivity contribution in [1.29, 1.82) is 5.26 Å². The van der Waals surface area contributed by atoms with E-state index in [9.17, 15) is 4.79 Å². The van der Waals surface area contributed by atoms with E-state index in [2.05, 4.69) is 9.97 Å². The molecule has 0 aliphatic carbocycles. The third-order valence-electron chi connectivity index (χ3n) is 3.51. The topological polar surface area (TPSA) is 69.5 Å². The fraction of sp³-hybridized carbons (Fsp3) is 0.118. The molecule has 21 heavy (non-hydrogen) atoms. The largest absolute Gasteiger partial charge is 0.324 e. The highest BCUT2D eigenvalue weighted by Crippen LogP contribution is 2.25. The molecular weight excluding hydrogens is 262 g/mol. The quantitative estimate of drug-likeness (QED) is 0.781. The van der Waals surface area contributed by atoms with Gasteiger partial charge < -0.3 is 4.98 Å². The maximum atomic E-state index is 11.7. The van der Waals surface area contributed by atoms with Crippen LogP contribution in [0.25, 0.3) is 22.0 Å². The summed E-state index contributed by atoms with van der Waals surface area (Å²) in [5, 5.41) is 10.1. The number of pyridine rings is 2. The fourth-order valence-corrected chi connectivity index (χ4v) is 2.42. The molecule has 0 bridgehead atoms. The van der Waals surface area contributed by atoms with Gasteiger partial charge in [0.25, 0.3) is 5.56 Å². The van der Waals surface area contributed by atoms with Crippen LogP contribution in [0.2, 0.25) is 0 Å². The van der Waals surface area contributed by atoms with Crippen LogP contribution in [0.4, 0.5) is 0 Å². The highest BCUT2D eigenvalue weighted by Gasteiger charge is 2.10. The van der Waals surface area contributed by atoms with E-state index in [1.54, 1.807) is 12.3 Å². The molecule has 0 atom stereocenters. The number of nitriles is 1. The van der Waals surface area contributed by atoms with Crippen LogP contribution >= 0.6 is 0 Å². The van der Waals surface area contributed by atoms with Crippen molar-refractivity contribution in [3.05, 3.63) is 64.2 Å². The summed E-state index contributed by atoms with van der Waals surface area (Å²) >= 11 is 0. The minimum atomic E-state index is -0.336. The summed E-state index contributed by atoms with van der Waals surface area (Å²) < 4.78 is 0. The molecule has 3 aromatic rings. The number of rotatable bonds is 2. The number of benzene rings is 1. The Morgan fingerprint density at radius 2 is 2.14 bits per heavy atom. The Morgan fingerprint density at radius 1 is 1.29 bits per heavy atom. The number of aryl methyl sites for hydroxylation is 1. The van der Waals surface area contributed by atoms with Crippen LogP contribution in [0.5, 0.6) is 0 Å². The first-order chi connectivity index (χ1) is 10.2. The zero-order valence-electron chi connectivity index (χ0n) is 11.6. The second-order valence-electron chi connectivity index (χ2n) is 4.78. The van der Waals surface area contributed by atoms with Crippen molar-refractivity contribution < 1.29 is 0 Å². The van der Waals surface area contributed by atoms with Crippen LogP contribution in [0.15, 0.2) is 47.4 Å². The Morgan fingerprint density at radius 3 is 2.90 bits per heavy atom. The molecule has 0 saturated carbocycles. The van der Waals surface area contributed by atoms with Gasteiger partial charge in [-0.1, -0.05) is 25.1 Å². The first kappa shape index (κ1) is 13.1. The van der Waals surface area contributed by atoms with Crippen molar-refractivity contribution in [3.8, 4) is 17.2 Å². The Labute approximate surface area is 121 Å². The lowest BCUT2D eigenvalue weighted by Gasteiger charge is -2.09. The lowest BCUT2D eigenvalue weighted by molar-refractivity contribution is 1.01. The lowest BCUT2D eigenvalue weighted by Crippen LogP contribution is -2.13. The van der Waals surface area contributed by atoms with Crippen LogP contribution in [0.1, 0.15) is 18.2 Å². The van der Waals surface area contributed by atoms with E-state index < -0.39 is 0 Å². The van der Waals surface area contributed by atoms with Crippen LogP contribution in [0.3, 0.4) is 0 Å². The van der Waals surface area contributed by atoms with E-state index in [1.165, 1.54) is 0 Å². The number of hydrogen-bond acceptors (Lipinski definition) is 3.